The number of benzene rings is 3. The van der Waals surface area contributed by atoms with Crippen LogP contribution in [0.4, 0.5) is 5.69 Å². The van der Waals surface area contributed by atoms with Crippen LogP contribution >= 0.6 is 0 Å². The number of fused-ring (bicyclic) bond motifs is 1. The van der Waals surface area contributed by atoms with E-state index in [2.05, 4.69) is 66.0 Å². The molecular weight excluding hydrogens is 370 g/mol. The molecule has 1 saturated heterocycles. The highest BCUT2D eigenvalue weighted by atomic mass is 16.2. The number of quaternary nitrogens is 2. The quantitative estimate of drug-likeness (QED) is 0.578. The van der Waals surface area contributed by atoms with Crippen molar-refractivity contribution >= 4 is 28.4 Å². The van der Waals surface area contributed by atoms with Gasteiger partial charge in [0.25, 0.3) is 5.91 Å². The first kappa shape index (κ1) is 20.3. The number of hydrogen-bond donors (Lipinski definition) is 3. The molecule has 1 fully saturated rings. The van der Waals surface area contributed by atoms with Crippen molar-refractivity contribution in [1.29, 1.82) is 0 Å². The third kappa shape index (κ3) is 5.15. The average Bonchev–Trinajstić information content (AvgIpc) is 2.80. The highest BCUT2D eigenvalue weighted by Crippen LogP contribution is 2.18. The molecule has 0 bridgehead atoms. The Hall–Kier alpha value is -2.95. The molecule has 1 amide bonds. The van der Waals surface area contributed by atoms with Crippen LogP contribution in [0, 0.1) is 0 Å². The first-order valence-electron chi connectivity index (χ1n) is 10.9. The molecule has 3 N–H and O–H groups in total. The standard InChI is InChI=1S/C26H29N3O/c1-21(26(30)27-25-14-13-23-11-5-6-12-24(23)20-25)29-18-16-28(17-19-29)15-7-10-22-8-3-2-4-9-22/h2-14,20-21H,15-19H2,1H3,(H,27,30)/p+2/b10-7+/t21-/m1/s1. The Labute approximate surface area is 178 Å². The van der Waals surface area contributed by atoms with E-state index in [0.717, 1.165) is 43.8 Å². The summed E-state index contributed by atoms with van der Waals surface area (Å²) in [7, 11) is 0. The summed E-state index contributed by atoms with van der Waals surface area (Å²) >= 11 is 0. The summed E-state index contributed by atoms with van der Waals surface area (Å²) in [6, 6.07) is 24.7. The summed E-state index contributed by atoms with van der Waals surface area (Å²) in [6.45, 7) is 7.34. The van der Waals surface area contributed by atoms with E-state index in [9.17, 15) is 4.79 Å². The van der Waals surface area contributed by atoms with Gasteiger partial charge in [-0.3, -0.25) is 4.79 Å². The van der Waals surface area contributed by atoms with Gasteiger partial charge in [0.15, 0.2) is 6.04 Å². The Morgan fingerprint density at radius 1 is 0.933 bits per heavy atom. The lowest BCUT2D eigenvalue weighted by Gasteiger charge is -2.32. The van der Waals surface area contributed by atoms with Crippen LogP contribution in [0.2, 0.25) is 0 Å². The zero-order valence-electron chi connectivity index (χ0n) is 17.6. The van der Waals surface area contributed by atoms with Gasteiger partial charge in [-0.1, -0.05) is 66.7 Å². The van der Waals surface area contributed by atoms with Crippen LogP contribution < -0.4 is 15.1 Å². The number of anilines is 1. The van der Waals surface area contributed by atoms with Crippen molar-refractivity contribution in [3.8, 4) is 0 Å². The number of nitrogens with one attached hydrogen (secondary N) is 3. The monoisotopic (exact) mass is 401 g/mol. The van der Waals surface area contributed by atoms with Crippen LogP contribution in [-0.2, 0) is 4.79 Å². The van der Waals surface area contributed by atoms with E-state index in [1.165, 1.54) is 15.8 Å². The lowest BCUT2D eigenvalue weighted by atomic mass is 10.1. The van der Waals surface area contributed by atoms with Crippen molar-refractivity contribution in [1.82, 2.24) is 0 Å². The molecule has 0 spiro atoms. The Morgan fingerprint density at radius 2 is 1.63 bits per heavy atom. The van der Waals surface area contributed by atoms with Crippen LogP contribution in [0.5, 0.6) is 0 Å². The van der Waals surface area contributed by atoms with Crippen LogP contribution in [0.25, 0.3) is 16.8 Å². The number of rotatable bonds is 6. The number of carbonyl (C=O) groups is 1. The predicted octanol–water partition coefficient (Wildman–Crippen LogP) is 1.66. The molecule has 1 aliphatic rings. The summed E-state index contributed by atoms with van der Waals surface area (Å²) in [5.41, 5.74) is 2.13. The molecule has 30 heavy (non-hydrogen) atoms. The molecule has 154 valence electrons. The Balaban J connectivity index is 1.26. The highest BCUT2D eigenvalue weighted by Gasteiger charge is 2.30. The average molecular weight is 402 g/mol. The summed E-state index contributed by atoms with van der Waals surface area (Å²) in [6.07, 6.45) is 4.47. The SMILES string of the molecule is C[C@H](C(=O)Nc1ccc2ccccc2c1)[NH+]1CC[NH+](C/C=C/c2ccccc2)CC1. The first-order chi connectivity index (χ1) is 14.7. The van der Waals surface area contributed by atoms with Gasteiger partial charge in [0, 0.05) is 5.69 Å². The van der Waals surface area contributed by atoms with Gasteiger partial charge in [0.1, 0.15) is 26.2 Å². The minimum absolute atomic E-state index is 0.0436. The fraction of sp³-hybridized carbons (Fsp3) is 0.269. The molecule has 0 unspecified atom stereocenters. The molecule has 0 aromatic heterocycles. The van der Waals surface area contributed by atoms with Gasteiger partial charge in [0.05, 0.1) is 6.54 Å². The van der Waals surface area contributed by atoms with Crippen LogP contribution in [-0.4, -0.2) is 44.7 Å². The molecule has 4 heteroatoms. The van der Waals surface area contributed by atoms with Crippen LogP contribution in [0.3, 0.4) is 0 Å². The minimum Gasteiger partial charge on any atom is -0.322 e. The van der Waals surface area contributed by atoms with Crippen LogP contribution in [0.15, 0.2) is 78.9 Å². The van der Waals surface area contributed by atoms with E-state index in [1.807, 2.05) is 31.2 Å². The number of amides is 1. The largest absolute Gasteiger partial charge is 0.322 e. The Kier molecular flexibility index (Phi) is 6.57. The highest BCUT2D eigenvalue weighted by molar-refractivity contribution is 5.96. The third-order valence-electron chi connectivity index (χ3n) is 6.14. The van der Waals surface area contributed by atoms with Crippen molar-refractivity contribution < 1.29 is 14.6 Å². The maximum Gasteiger partial charge on any atom is 0.282 e. The molecule has 1 aliphatic heterocycles. The van der Waals surface area contributed by atoms with Gasteiger partial charge in [-0.2, -0.15) is 0 Å². The van der Waals surface area contributed by atoms with Crippen molar-refractivity contribution in [2.45, 2.75) is 13.0 Å². The van der Waals surface area contributed by atoms with E-state index in [4.69, 9.17) is 0 Å². The van der Waals surface area contributed by atoms with Gasteiger partial charge < -0.3 is 15.1 Å². The van der Waals surface area contributed by atoms with E-state index in [0.29, 0.717) is 0 Å². The predicted molar refractivity (Wildman–Crippen MR) is 124 cm³/mol. The lowest BCUT2D eigenvalue weighted by Crippen LogP contribution is -3.29. The Morgan fingerprint density at radius 3 is 2.40 bits per heavy atom. The van der Waals surface area contributed by atoms with Crippen molar-refractivity contribution in [3.05, 3.63) is 84.4 Å². The maximum atomic E-state index is 12.8. The minimum atomic E-state index is -0.0436. The molecule has 1 atom stereocenters. The lowest BCUT2D eigenvalue weighted by molar-refractivity contribution is -1.02. The zero-order chi connectivity index (χ0) is 20.8. The van der Waals surface area contributed by atoms with Crippen molar-refractivity contribution in [2.75, 3.05) is 38.0 Å². The third-order valence-corrected chi connectivity index (χ3v) is 6.14. The molecule has 0 saturated carbocycles. The molecule has 3 aromatic rings. The second-order valence-corrected chi connectivity index (χ2v) is 8.20. The van der Waals surface area contributed by atoms with E-state index in [-0.39, 0.29) is 11.9 Å². The number of carbonyl (C=O) groups excluding carboxylic acids is 1. The summed E-state index contributed by atoms with van der Waals surface area (Å²) in [4.78, 5) is 15.8. The molecular formula is C26H31N3O+2. The van der Waals surface area contributed by atoms with Crippen LogP contribution in [0.1, 0.15) is 12.5 Å². The summed E-state index contributed by atoms with van der Waals surface area (Å²) in [5, 5.41) is 5.46. The smallest absolute Gasteiger partial charge is 0.282 e. The fourth-order valence-electron chi connectivity index (χ4n) is 4.19. The molecule has 0 radical (unpaired) electrons. The van der Waals surface area contributed by atoms with E-state index in [1.54, 1.807) is 4.90 Å². The van der Waals surface area contributed by atoms with E-state index >= 15 is 0 Å². The summed E-state index contributed by atoms with van der Waals surface area (Å²) < 4.78 is 0. The molecule has 4 nitrogen and oxygen atoms in total. The summed E-state index contributed by atoms with van der Waals surface area (Å²) in [5.74, 6) is 0.104. The van der Waals surface area contributed by atoms with Gasteiger partial charge in [-0.05, 0) is 41.5 Å². The molecule has 3 aromatic carbocycles. The number of hydrogen-bond acceptors (Lipinski definition) is 1. The fourth-order valence-corrected chi connectivity index (χ4v) is 4.19. The van der Waals surface area contributed by atoms with Gasteiger partial charge in [-0.15, -0.1) is 0 Å². The maximum absolute atomic E-state index is 12.8. The zero-order valence-corrected chi connectivity index (χ0v) is 17.6. The van der Waals surface area contributed by atoms with E-state index < -0.39 is 0 Å². The van der Waals surface area contributed by atoms with Gasteiger partial charge in [0.2, 0.25) is 0 Å². The molecule has 0 aliphatic carbocycles. The normalized spacial score (nSPS) is 20.3. The second kappa shape index (κ2) is 9.70. The van der Waals surface area contributed by atoms with Gasteiger partial charge in [-0.25, -0.2) is 0 Å². The first-order valence-corrected chi connectivity index (χ1v) is 10.9. The van der Waals surface area contributed by atoms with Crippen molar-refractivity contribution in [3.63, 3.8) is 0 Å². The topological polar surface area (TPSA) is 38.0 Å². The van der Waals surface area contributed by atoms with Gasteiger partial charge >= 0.3 is 0 Å². The number of piperazine rings is 1. The second-order valence-electron chi connectivity index (χ2n) is 8.20. The molecule has 4 rings (SSSR count). The van der Waals surface area contributed by atoms with Crippen molar-refractivity contribution in [2.24, 2.45) is 0 Å². The molecule has 1 heterocycles. The Bertz CT molecular complexity index is 1010.